The summed E-state index contributed by atoms with van der Waals surface area (Å²) in [6.45, 7) is 7.99. The van der Waals surface area contributed by atoms with E-state index in [0.717, 1.165) is 9.87 Å². The summed E-state index contributed by atoms with van der Waals surface area (Å²) in [5, 5.41) is 0. The molecule has 0 saturated heterocycles. The van der Waals surface area contributed by atoms with E-state index < -0.39 is 18.1 Å². The first-order valence-electron chi connectivity index (χ1n) is 6.67. The van der Waals surface area contributed by atoms with E-state index in [1.54, 1.807) is 24.3 Å². The van der Waals surface area contributed by atoms with Gasteiger partial charge in [0.15, 0.2) is 0 Å². The number of carbonyl (C=O) groups excluding carboxylic acids is 1. The minimum atomic E-state index is -3.68. The van der Waals surface area contributed by atoms with Crippen molar-refractivity contribution in [2.45, 2.75) is 31.5 Å². The van der Waals surface area contributed by atoms with Gasteiger partial charge in [0.1, 0.15) is 14.4 Å². The normalized spacial score (nSPS) is 11.9. The fourth-order valence-electron chi connectivity index (χ4n) is 1.58. The van der Waals surface area contributed by atoms with Crippen molar-refractivity contribution in [2.24, 2.45) is 0 Å². The molecule has 114 valence electrons. The second-order valence-electron chi connectivity index (χ2n) is 5.83. The van der Waals surface area contributed by atoms with E-state index >= 15 is 0 Å². The fraction of sp³-hybridized carbons (Fsp3) is 0.400. The van der Waals surface area contributed by atoms with Gasteiger partial charge in [0.05, 0.1) is 18.0 Å². The van der Waals surface area contributed by atoms with Gasteiger partial charge in [-0.3, -0.25) is 0 Å². The molecule has 0 N–H and O–H groups in total. The Morgan fingerprint density at radius 2 is 1.76 bits per heavy atom. The summed E-state index contributed by atoms with van der Waals surface area (Å²) < 4.78 is 26.1. The van der Waals surface area contributed by atoms with Crippen molar-refractivity contribution < 1.29 is 13.2 Å². The van der Waals surface area contributed by atoms with E-state index in [9.17, 15) is 13.2 Å². The lowest BCUT2D eigenvalue weighted by Crippen LogP contribution is -2.33. The second kappa shape index (κ2) is 7.03. The Morgan fingerprint density at radius 1 is 1.19 bits per heavy atom. The number of aryl methyl sites for hydroxylation is 1. The summed E-state index contributed by atoms with van der Waals surface area (Å²) in [5.74, 6) is 2.90. The molecule has 1 aromatic carbocycles. The predicted molar refractivity (Wildman–Crippen MR) is 87.1 cm³/mol. The van der Waals surface area contributed by atoms with E-state index in [-0.39, 0.29) is 18.0 Å². The molecule has 6 heteroatoms. The Balaban J connectivity index is 3.05. The van der Waals surface area contributed by atoms with Crippen molar-refractivity contribution in [3.8, 4) is 11.5 Å². The summed E-state index contributed by atoms with van der Waals surface area (Å²) in [6, 6.07) is 6.57. The van der Waals surface area contributed by atoms with Crippen molar-refractivity contribution in [3.05, 3.63) is 29.8 Å². The SMILES string of the molecule is Cc1ccc(S(=O)(=O)N(CC#C[Si](C)(C)C)CC=O)cc1. The maximum absolute atomic E-state index is 12.5. The Labute approximate surface area is 128 Å². The van der Waals surface area contributed by atoms with Gasteiger partial charge in [-0.05, 0) is 19.1 Å². The highest BCUT2D eigenvalue weighted by Gasteiger charge is 2.23. The van der Waals surface area contributed by atoms with Gasteiger partial charge in [0, 0.05) is 0 Å². The van der Waals surface area contributed by atoms with Crippen molar-refractivity contribution in [1.29, 1.82) is 0 Å². The molecule has 0 radical (unpaired) electrons. The molecule has 0 fully saturated rings. The molecule has 0 aliphatic rings. The third kappa shape index (κ3) is 5.46. The summed E-state index contributed by atoms with van der Waals surface area (Å²) >= 11 is 0. The molecule has 0 spiro atoms. The molecule has 0 aromatic heterocycles. The zero-order chi connectivity index (χ0) is 16.1. The average Bonchev–Trinajstić information content (AvgIpc) is 2.37. The predicted octanol–water partition coefficient (Wildman–Crippen LogP) is 2.07. The van der Waals surface area contributed by atoms with Gasteiger partial charge in [-0.2, -0.15) is 4.31 Å². The highest BCUT2D eigenvalue weighted by atomic mass is 32.2. The maximum atomic E-state index is 12.5. The summed E-state index contributed by atoms with van der Waals surface area (Å²) in [4.78, 5) is 10.9. The largest absolute Gasteiger partial charge is 0.302 e. The van der Waals surface area contributed by atoms with E-state index in [1.807, 2.05) is 6.92 Å². The minimum Gasteiger partial charge on any atom is -0.302 e. The number of benzene rings is 1. The minimum absolute atomic E-state index is 0.0409. The lowest BCUT2D eigenvalue weighted by molar-refractivity contribution is -0.108. The first kappa shape index (κ1) is 17.6. The van der Waals surface area contributed by atoms with Crippen molar-refractivity contribution in [3.63, 3.8) is 0 Å². The summed E-state index contributed by atoms with van der Waals surface area (Å²) in [5.41, 5.74) is 4.09. The van der Waals surface area contributed by atoms with Crippen LogP contribution in [0.25, 0.3) is 0 Å². The highest BCUT2D eigenvalue weighted by Crippen LogP contribution is 2.15. The van der Waals surface area contributed by atoms with Crippen LogP contribution in [0, 0.1) is 18.4 Å². The zero-order valence-electron chi connectivity index (χ0n) is 12.9. The van der Waals surface area contributed by atoms with E-state index in [2.05, 4.69) is 31.1 Å². The zero-order valence-corrected chi connectivity index (χ0v) is 14.7. The quantitative estimate of drug-likeness (QED) is 0.473. The van der Waals surface area contributed by atoms with Crippen LogP contribution in [0.2, 0.25) is 19.6 Å². The molecule has 1 rings (SSSR count). The molecular weight excluding hydrogens is 302 g/mol. The van der Waals surface area contributed by atoms with E-state index in [0.29, 0.717) is 6.29 Å². The third-order valence-corrected chi connectivity index (χ3v) is 5.41. The highest BCUT2D eigenvalue weighted by molar-refractivity contribution is 7.89. The van der Waals surface area contributed by atoms with Crippen LogP contribution in [0.5, 0.6) is 0 Å². The van der Waals surface area contributed by atoms with Crippen LogP contribution in [0.15, 0.2) is 29.2 Å². The number of nitrogens with zero attached hydrogens (tertiary/aromatic N) is 1. The first-order valence-corrected chi connectivity index (χ1v) is 11.6. The summed E-state index contributed by atoms with van der Waals surface area (Å²) in [7, 11) is -5.25. The van der Waals surface area contributed by atoms with Gasteiger partial charge >= 0.3 is 0 Å². The molecule has 0 atom stereocenters. The Morgan fingerprint density at radius 3 is 2.24 bits per heavy atom. The molecule has 0 saturated carbocycles. The number of aldehydes is 1. The molecule has 0 amide bonds. The monoisotopic (exact) mass is 323 g/mol. The lowest BCUT2D eigenvalue weighted by atomic mass is 10.2. The van der Waals surface area contributed by atoms with Gasteiger partial charge in [0.25, 0.3) is 0 Å². The van der Waals surface area contributed by atoms with E-state index in [4.69, 9.17) is 0 Å². The van der Waals surface area contributed by atoms with Gasteiger partial charge in [0.2, 0.25) is 10.0 Å². The number of hydrogen-bond donors (Lipinski definition) is 0. The first-order chi connectivity index (χ1) is 9.66. The van der Waals surface area contributed by atoms with Crippen molar-refractivity contribution in [2.75, 3.05) is 13.1 Å². The molecule has 0 bridgehead atoms. The van der Waals surface area contributed by atoms with Crippen LogP contribution in [-0.2, 0) is 14.8 Å². The standard InChI is InChI=1S/C15H21NO3SSi/c1-14-6-8-15(9-7-14)20(18,19)16(11-12-17)10-5-13-21(2,3)4/h6-9,12H,10-11H2,1-4H3. The number of sulfonamides is 1. The molecule has 0 aliphatic heterocycles. The van der Waals surface area contributed by atoms with E-state index in [1.165, 1.54) is 0 Å². The Hall–Kier alpha value is -1.42. The van der Waals surface area contributed by atoms with Crippen molar-refractivity contribution >= 4 is 24.4 Å². The number of carbonyl (C=O) groups is 1. The molecule has 21 heavy (non-hydrogen) atoms. The molecule has 0 heterocycles. The average molecular weight is 323 g/mol. The fourth-order valence-corrected chi connectivity index (χ4v) is 3.46. The van der Waals surface area contributed by atoms with Gasteiger partial charge in [-0.1, -0.05) is 43.3 Å². The Kier molecular flexibility index (Phi) is 5.90. The van der Waals surface area contributed by atoms with Crippen LogP contribution in [-0.4, -0.2) is 40.2 Å². The van der Waals surface area contributed by atoms with Crippen LogP contribution >= 0.6 is 0 Å². The topological polar surface area (TPSA) is 54.5 Å². The number of rotatable bonds is 5. The molecule has 1 aromatic rings. The van der Waals surface area contributed by atoms with Gasteiger partial charge in [-0.15, -0.1) is 5.54 Å². The number of hydrogen-bond acceptors (Lipinski definition) is 3. The van der Waals surface area contributed by atoms with Crippen molar-refractivity contribution in [1.82, 2.24) is 4.31 Å². The lowest BCUT2D eigenvalue weighted by Gasteiger charge is -2.17. The third-order valence-electron chi connectivity index (χ3n) is 2.66. The van der Waals surface area contributed by atoms with Crippen LogP contribution in [0.1, 0.15) is 5.56 Å². The maximum Gasteiger partial charge on any atom is 0.244 e. The molecule has 0 aliphatic carbocycles. The van der Waals surface area contributed by atoms with Gasteiger partial charge in [-0.25, -0.2) is 8.42 Å². The van der Waals surface area contributed by atoms with Crippen LogP contribution < -0.4 is 0 Å². The van der Waals surface area contributed by atoms with Crippen LogP contribution in [0.4, 0.5) is 0 Å². The summed E-state index contributed by atoms with van der Waals surface area (Å²) in [6.07, 6.45) is 0.585. The molecule has 0 unspecified atom stereocenters. The van der Waals surface area contributed by atoms with Crippen LogP contribution in [0.3, 0.4) is 0 Å². The smallest absolute Gasteiger partial charge is 0.244 e. The molecule has 4 nitrogen and oxygen atoms in total. The van der Waals surface area contributed by atoms with Gasteiger partial charge < -0.3 is 4.79 Å². The Bertz CT molecular complexity index is 649. The second-order valence-corrected chi connectivity index (χ2v) is 12.5. The molecular formula is C15H21NO3SSi.